The van der Waals surface area contributed by atoms with E-state index in [-0.39, 0.29) is 46.7 Å². The molecule has 0 aromatic heterocycles. The average molecular weight is 489 g/mol. The van der Waals surface area contributed by atoms with Gasteiger partial charge in [-0.15, -0.1) is 0 Å². The van der Waals surface area contributed by atoms with Crippen LogP contribution in [0, 0.1) is 79.8 Å². The van der Waals surface area contributed by atoms with E-state index in [0.717, 1.165) is 5.57 Å². The first-order valence-electron chi connectivity index (χ1n) is 12.9. The van der Waals surface area contributed by atoms with Gasteiger partial charge in [0, 0.05) is 12.8 Å². The van der Waals surface area contributed by atoms with E-state index < -0.39 is 0 Å². The molecule has 6 heteroatoms. The van der Waals surface area contributed by atoms with Gasteiger partial charge in [-0.1, -0.05) is 53.7 Å². The van der Waals surface area contributed by atoms with E-state index in [2.05, 4.69) is 78.0 Å². The van der Waals surface area contributed by atoms with Gasteiger partial charge >= 0.3 is 0 Å². The third kappa shape index (κ3) is 8.77. The van der Waals surface area contributed by atoms with Crippen LogP contribution >= 0.6 is 0 Å². The van der Waals surface area contributed by atoms with Crippen molar-refractivity contribution in [2.75, 3.05) is 0 Å². The van der Waals surface area contributed by atoms with Crippen molar-refractivity contribution in [3.05, 3.63) is 35.8 Å². The first kappa shape index (κ1) is 29.0. The van der Waals surface area contributed by atoms with E-state index in [9.17, 15) is 21.0 Å². The van der Waals surface area contributed by atoms with Crippen LogP contribution in [-0.2, 0) is 9.47 Å². The highest BCUT2D eigenvalue weighted by molar-refractivity contribution is 5.32. The molecule has 0 aromatic carbocycles. The predicted molar refractivity (Wildman–Crippen MR) is 138 cm³/mol. The fourth-order valence-corrected chi connectivity index (χ4v) is 4.55. The monoisotopic (exact) mass is 488 g/mol. The molecule has 6 nitrogen and oxygen atoms in total. The molecule has 2 aliphatic carbocycles. The molecular weight excluding hydrogens is 448 g/mol. The lowest BCUT2D eigenvalue weighted by Gasteiger charge is -2.31. The molecule has 6 atom stereocenters. The van der Waals surface area contributed by atoms with Gasteiger partial charge in [-0.2, -0.15) is 21.0 Å². The fraction of sp³-hybridized carbons (Fsp3) is 0.667. The van der Waals surface area contributed by atoms with Crippen LogP contribution in [0.4, 0.5) is 0 Å². The third-order valence-electron chi connectivity index (χ3n) is 6.87. The molecule has 2 aliphatic rings. The third-order valence-corrected chi connectivity index (χ3v) is 6.87. The molecule has 0 N–H and O–H groups in total. The summed E-state index contributed by atoms with van der Waals surface area (Å²) in [4.78, 5) is 0. The van der Waals surface area contributed by atoms with E-state index >= 15 is 0 Å². The van der Waals surface area contributed by atoms with E-state index in [1.165, 1.54) is 0 Å². The zero-order valence-corrected chi connectivity index (χ0v) is 22.6. The summed E-state index contributed by atoms with van der Waals surface area (Å²) in [5, 5.41) is 37.7. The van der Waals surface area contributed by atoms with Crippen LogP contribution in [-0.4, -0.2) is 12.2 Å². The van der Waals surface area contributed by atoms with E-state index in [0.29, 0.717) is 44.3 Å². The van der Waals surface area contributed by atoms with Crippen LogP contribution in [0.5, 0.6) is 0 Å². The van der Waals surface area contributed by atoms with Gasteiger partial charge in [0.05, 0.1) is 54.1 Å². The van der Waals surface area contributed by atoms with Gasteiger partial charge < -0.3 is 9.47 Å². The maximum Gasteiger partial charge on any atom is 0.154 e. The summed E-state index contributed by atoms with van der Waals surface area (Å²) in [7, 11) is 0. The van der Waals surface area contributed by atoms with Gasteiger partial charge in [0.1, 0.15) is 12.4 Å². The standard InChI is InChI=1S/C30H40N4O2/c1-29(2,3)12-11-25(30(4,5)6)15-28(36-27-10-8-22(17-32)24(14-27)19-34)20-35-26-9-7-21(16-31)23(13-26)18-33/h11-12,15,20-24,26-27H,7-10,13-14H2,1-6H3/b12-11+,25-15+,28-20-. The van der Waals surface area contributed by atoms with Crippen LogP contribution in [0.3, 0.4) is 0 Å². The molecule has 0 amide bonds. The molecule has 2 saturated carbocycles. The predicted octanol–water partition coefficient (Wildman–Crippen LogP) is 7.10. The van der Waals surface area contributed by atoms with Crippen LogP contribution in [0.1, 0.15) is 80.1 Å². The summed E-state index contributed by atoms with van der Waals surface area (Å²) in [6, 6.07) is 9.04. The second-order valence-electron chi connectivity index (χ2n) is 12.1. The fourth-order valence-electron chi connectivity index (χ4n) is 4.55. The Morgan fingerprint density at radius 3 is 1.69 bits per heavy atom. The molecule has 0 aliphatic heterocycles. The van der Waals surface area contributed by atoms with Crippen LogP contribution in [0.25, 0.3) is 0 Å². The Kier molecular flexibility index (Phi) is 10.2. The van der Waals surface area contributed by atoms with Gasteiger partial charge in [0.25, 0.3) is 0 Å². The van der Waals surface area contributed by atoms with Crippen LogP contribution in [0.15, 0.2) is 35.8 Å². The topological polar surface area (TPSA) is 114 Å². The zero-order valence-electron chi connectivity index (χ0n) is 22.6. The van der Waals surface area contributed by atoms with Crippen molar-refractivity contribution in [3.8, 4) is 24.3 Å². The quantitative estimate of drug-likeness (QED) is 0.291. The van der Waals surface area contributed by atoms with E-state index in [1.54, 1.807) is 6.26 Å². The molecule has 0 heterocycles. The summed E-state index contributed by atoms with van der Waals surface area (Å²) in [5.41, 5.74) is 0.958. The number of hydrogen-bond acceptors (Lipinski definition) is 6. The summed E-state index contributed by atoms with van der Waals surface area (Å²) in [6.07, 6.45) is 11.3. The van der Waals surface area contributed by atoms with Gasteiger partial charge in [-0.3, -0.25) is 0 Å². The van der Waals surface area contributed by atoms with Crippen molar-refractivity contribution < 1.29 is 9.47 Å². The zero-order chi connectivity index (χ0) is 26.9. The largest absolute Gasteiger partial charge is 0.494 e. The van der Waals surface area contributed by atoms with Crippen molar-refractivity contribution in [1.82, 2.24) is 0 Å². The van der Waals surface area contributed by atoms with Crippen molar-refractivity contribution >= 4 is 0 Å². The lowest BCUT2D eigenvalue weighted by atomic mass is 9.79. The number of ether oxygens (including phenoxy) is 2. The van der Waals surface area contributed by atoms with Gasteiger partial charge in [-0.25, -0.2) is 0 Å². The Morgan fingerprint density at radius 2 is 1.22 bits per heavy atom. The average Bonchev–Trinajstić information content (AvgIpc) is 2.83. The Balaban J connectivity index is 2.33. The lowest BCUT2D eigenvalue weighted by molar-refractivity contribution is 0.0424. The SMILES string of the molecule is CC(C)(C)/C=C/C(=C\C(=C\OC1CCC(C#N)C(C#N)C1)OC1CCC(C#N)C(C#N)C1)C(C)(C)C. The minimum atomic E-state index is -0.347. The molecule has 192 valence electrons. The van der Waals surface area contributed by atoms with E-state index in [1.807, 2.05) is 6.08 Å². The van der Waals surface area contributed by atoms with Gasteiger partial charge in [0.2, 0.25) is 0 Å². The molecule has 2 rings (SSSR count). The second kappa shape index (κ2) is 12.7. The van der Waals surface area contributed by atoms with Crippen molar-refractivity contribution in [3.63, 3.8) is 0 Å². The molecule has 0 saturated heterocycles. The highest BCUT2D eigenvalue weighted by atomic mass is 16.5. The van der Waals surface area contributed by atoms with Gasteiger partial charge in [-0.05, 0) is 48.2 Å². The van der Waals surface area contributed by atoms with Crippen molar-refractivity contribution in [1.29, 1.82) is 21.0 Å². The summed E-state index contributed by atoms with van der Waals surface area (Å²) < 4.78 is 12.5. The maximum absolute atomic E-state index is 9.54. The number of rotatable bonds is 6. The molecular formula is C30H40N4O2. The first-order valence-corrected chi connectivity index (χ1v) is 12.9. The summed E-state index contributed by atoms with van der Waals surface area (Å²) >= 11 is 0. The normalized spacial score (nSPS) is 29.9. The van der Waals surface area contributed by atoms with Crippen LogP contribution in [0.2, 0.25) is 0 Å². The van der Waals surface area contributed by atoms with Crippen molar-refractivity contribution in [2.45, 2.75) is 92.3 Å². The Bertz CT molecular complexity index is 1010. The highest BCUT2D eigenvalue weighted by Gasteiger charge is 2.33. The lowest BCUT2D eigenvalue weighted by Crippen LogP contribution is -2.29. The smallest absolute Gasteiger partial charge is 0.154 e. The highest BCUT2D eigenvalue weighted by Crippen LogP contribution is 2.35. The number of nitriles is 4. The molecule has 0 spiro atoms. The van der Waals surface area contributed by atoms with E-state index in [4.69, 9.17) is 9.47 Å². The molecule has 2 fully saturated rings. The second-order valence-corrected chi connectivity index (χ2v) is 12.1. The molecule has 0 aromatic rings. The number of nitrogens with zero attached hydrogens (tertiary/aromatic N) is 4. The van der Waals surface area contributed by atoms with Crippen LogP contribution < -0.4 is 0 Å². The minimum absolute atomic E-state index is 0.0208. The molecule has 0 radical (unpaired) electrons. The molecule has 6 unspecified atom stereocenters. The molecule has 36 heavy (non-hydrogen) atoms. The minimum Gasteiger partial charge on any atom is -0.494 e. The Hall–Kier alpha value is -3.22. The Morgan fingerprint density at radius 1 is 0.722 bits per heavy atom. The summed E-state index contributed by atoms with van der Waals surface area (Å²) in [6.45, 7) is 12.9. The summed E-state index contributed by atoms with van der Waals surface area (Å²) in [5.74, 6) is -0.610. The van der Waals surface area contributed by atoms with Crippen molar-refractivity contribution in [2.24, 2.45) is 34.5 Å². The first-order chi connectivity index (χ1) is 16.9. The molecule has 0 bridgehead atoms. The Labute approximate surface area is 217 Å². The van der Waals surface area contributed by atoms with Gasteiger partial charge in [0.15, 0.2) is 5.76 Å². The number of hydrogen-bond donors (Lipinski definition) is 0. The maximum atomic E-state index is 9.54. The number of allylic oxidation sites excluding steroid dienone is 4.